The third kappa shape index (κ3) is 4.12. The van der Waals surface area contributed by atoms with E-state index in [1.807, 2.05) is 17.5 Å². The molecular weight excluding hydrogens is 434 g/mol. The molecule has 2 aromatic carbocycles. The van der Waals surface area contributed by atoms with Gasteiger partial charge in [-0.1, -0.05) is 12.1 Å². The fourth-order valence-corrected chi connectivity index (χ4v) is 4.97. The first kappa shape index (κ1) is 21.2. The second-order valence-corrected chi connectivity index (χ2v) is 10.4. The van der Waals surface area contributed by atoms with Gasteiger partial charge in [0.15, 0.2) is 0 Å². The number of hydrogen-bond donors (Lipinski definition) is 1. The van der Waals surface area contributed by atoms with Crippen molar-refractivity contribution in [2.45, 2.75) is 11.3 Å². The molecule has 1 aliphatic rings. The van der Waals surface area contributed by atoms with Crippen molar-refractivity contribution in [2.24, 2.45) is 0 Å². The van der Waals surface area contributed by atoms with Gasteiger partial charge in [-0.05, 0) is 59.8 Å². The van der Waals surface area contributed by atoms with Crippen molar-refractivity contribution in [3.05, 3.63) is 76.0 Å². The van der Waals surface area contributed by atoms with Crippen molar-refractivity contribution in [3.63, 3.8) is 0 Å². The minimum absolute atomic E-state index is 0.0464. The summed E-state index contributed by atoms with van der Waals surface area (Å²) in [5, 5.41) is 4.70. The molecule has 3 aromatic rings. The average Bonchev–Trinajstić information content (AvgIpc) is 3.43. The van der Waals surface area contributed by atoms with E-state index in [1.165, 1.54) is 49.7 Å². The fourth-order valence-electron chi connectivity index (χ4n) is 3.39. The van der Waals surface area contributed by atoms with Gasteiger partial charge in [0.1, 0.15) is 0 Å². The molecule has 160 valence electrons. The van der Waals surface area contributed by atoms with Gasteiger partial charge >= 0.3 is 0 Å². The number of benzene rings is 2. The highest BCUT2D eigenvalue weighted by atomic mass is 32.2. The van der Waals surface area contributed by atoms with Gasteiger partial charge in [-0.25, -0.2) is 12.7 Å². The highest BCUT2D eigenvalue weighted by molar-refractivity contribution is 7.89. The number of fused-ring (bicyclic) bond motifs is 1. The quantitative estimate of drug-likeness (QED) is 0.638. The molecule has 31 heavy (non-hydrogen) atoms. The van der Waals surface area contributed by atoms with Crippen LogP contribution in [0.1, 0.15) is 25.6 Å². The van der Waals surface area contributed by atoms with Gasteiger partial charge in [0.2, 0.25) is 10.0 Å². The number of hydrogen-bond acceptors (Lipinski definition) is 5. The van der Waals surface area contributed by atoms with Gasteiger partial charge in [0.25, 0.3) is 11.8 Å². The molecule has 1 N–H and O–H groups in total. The molecule has 2 amide bonds. The number of carbonyl (C=O) groups excluding carboxylic acids is 2. The molecule has 2 heterocycles. The molecule has 7 nitrogen and oxygen atoms in total. The van der Waals surface area contributed by atoms with E-state index in [9.17, 15) is 18.0 Å². The van der Waals surface area contributed by atoms with E-state index < -0.39 is 10.0 Å². The predicted octanol–water partition coefficient (Wildman–Crippen LogP) is 3.45. The highest BCUT2D eigenvalue weighted by Gasteiger charge is 2.26. The molecule has 4 rings (SSSR count). The molecule has 0 atom stereocenters. The third-order valence-corrected chi connectivity index (χ3v) is 7.80. The molecule has 0 aliphatic carbocycles. The van der Waals surface area contributed by atoms with Gasteiger partial charge in [-0.3, -0.25) is 9.59 Å². The molecule has 1 aromatic heterocycles. The minimum atomic E-state index is -3.55. The van der Waals surface area contributed by atoms with Crippen LogP contribution in [0.2, 0.25) is 0 Å². The summed E-state index contributed by atoms with van der Waals surface area (Å²) in [5.74, 6) is -0.405. The number of anilines is 2. The number of amides is 2. The van der Waals surface area contributed by atoms with Crippen molar-refractivity contribution in [3.8, 4) is 0 Å². The molecule has 0 saturated heterocycles. The van der Waals surface area contributed by atoms with Crippen LogP contribution < -0.4 is 10.2 Å². The maximum atomic E-state index is 12.8. The summed E-state index contributed by atoms with van der Waals surface area (Å²) >= 11 is 1.40. The maximum absolute atomic E-state index is 12.8. The zero-order chi connectivity index (χ0) is 22.2. The van der Waals surface area contributed by atoms with Gasteiger partial charge in [0, 0.05) is 37.6 Å². The standard InChI is InChI=1S/C22H21N3O4S2/c1-24(2)31(28,29)18-9-6-16(7-10-18)21(26)23-17-8-5-15-11-12-25(19(15)14-17)22(27)20-4-3-13-30-20/h3-10,13-14H,11-12H2,1-2H3,(H,23,26). The number of carbonyl (C=O) groups is 2. The third-order valence-electron chi connectivity index (χ3n) is 5.11. The van der Waals surface area contributed by atoms with E-state index in [4.69, 9.17) is 0 Å². The monoisotopic (exact) mass is 455 g/mol. The predicted molar refractivity (Wildman–Crippen MR) is 121 cm³/mol. The van der Waals surface area contributed by atoms with E-state index in [2.05, 4.69) is 5.32 Å². The van der Waals surface area contributed by atoms with Crippen LogP contribution in [0.15, 0.2) is 64.9 Å². The Hall–Kier alpha value is -3.01. The fraction of sp³-hybridized carbons (Fsp3) is 0.182. The van der Waals surface area contributed by atoms with Crippen LogP contribution in [0.5, 0.6) is 0 Å². The lowest BCUT2D eigenvalue weighted by atomic mass is 10.1. The average molecular weight is 456 g/mol. The molecule has 9 heteroatoms. The van der Waals surface area contributed by atoms with Crippen molar-refractivity contribution in [2.75, 3.05) is 30.9 Å². The van der Waals surface area contributed by atoms with Crippen molar-refractivity contribution >= 4 is 44.5 Å². The molecule has 0 spiro atoms. The summed E-state index contributed by atoms with van der Waals surface area (Å²) in [5.41, 5.74) is 2.76. The van der Waals surface area contributed by atoms with Crippen LogP contribution in [0.4, 0.5) is 11.4 Å². The zero-order valence-electron chi connectivity index (χ0n) is 17.0. The summed E-state index contributed by atoms with van der Waals surface area (Å²) < 4.78 is 25.5. The van der Waals surface area contributed by atoms with E-state index in [0.29, 0.717) is 22.7 Å². The Morgan fingerprint density at radius 3 is 2.45 bits per heavy atom. The van der Waals surface area contributed by atoms with Crippen molar-refractivity contribution < 1.29 is 18.0 Å². The first-order chi connectivity index (χ1) is 14.8. The zero-order valence-corrected chi connectivity index (χ0v) is 18.7. The topological polar surface area (TPSA) is 86.8 Å². The number of nitrogens with one attached hydrogen (secondary N) is 1. The Morgan fingerprint density at radius 1 is 1.06 bits per heavy atom. The Bertz CT molecular complexity index is 1230. The van der Waals surface area contributed by atoms with E-state index >= 15 is 0 Å². The summed E-state index contributed by atoms with van der Waals surface area (Å²) in [4.78, 5) is 28.0. The molecule has 0 bridgehead atoms. The minimum Gasteiger partial charge on any atom is -0.322 e. The smallest absolute Gasteiger partial charge is 0.268 e. The van der Waals surface area contributed by atoms with E-state index in [1.54, 1.807) is 23.1 Å². The Morgan fingerprint density at radius 2 is 1.81 bits per heavy atom. The van der Waals surface area contributed by atoms with Crippen LogP contribution in [-0.2, 0) is 16.4 Å². The van der Waals surface area contributed by atoms with Crippen LogP contribution in [-0.4, -0.2) is 45.2 Å². The molecule has 0 unspecified atom stereocenters. The van der Waals surface area contributed by atoms with E-state index in [-0.39, 0.29) is 16.7 Å². The van der Waals surface area contributed by atoms with Crippen LogP contribution in [0.3, 0.4) is 0 Å². The first-order valence-corrected chi connectivity index (χ1v) is 11.9. The molecule has 0 saturated carbocycles. The lowest BCUT2D eigenvalue weighted by Gasteiger charge is -2.17. The van der Waals surface area contributed by atoms with E-state index in [0.717, 1.165) is 22.0 Å². The van der Waals surface area contributed by atoms with Gasteiger partial charge < -0.3 is 10.2 Å². The second-order valence-electron chi connectivity index (χ2n) is 7.29. The van der Waals surface area contributed by atoms with Gasteiger partial charge in [-0.2, -0.15) is 0 Å². The Kier molecular flexibility index (Phi) is 5.65. The maximum Gasteiger partial charge on any atom is 0.268 e. The first-order valence-electron chi connectivity index (χ1n) is 9.59. The SMILES string of the molecule is CN(C)S(=O)(=O)c1ccc(C(=O)Nc2ccc3c(c2)N(C(=O)c2cccs2)CC3)cc1. The second kappa shape index (κ2) is 8.26. The molecule has 1 aliphatic heterocycles. The summed E-state index contributed by atoms with van der Waals surface area (Å²) in [7, 11) is -0.644. The summed E-state index contributed by atoms with van der Waals surface area (Å²) in [6.07, 6.45) is 0.766. The number of thiophene rings is 1. The highest BCUT2D eigenvalue weighted by Crippen LogP contribution is 2.32. The van der Waals surface area contributed by atoms with Crippen LogP contribution >= 0.6 is 11.3 Å². The number of rotatable bonds is 5. The lowest BCUT2D eigenvalue weighted by Crippen LogP contribution is -2.28. The molecular formula is C22H21N3O4S2. The summed E-state index contributed by atoms with van der Waals surface area (Å²) in [6.45, 7) is 0.602. The Labute approximate surface area is 185 Å². The molecule has 0 radical (unpaired) electrons. The lowest BCUT2D eigenvalue weighted by molar-refractivity contribution is 0.0991. The summed E-state index contributed by atoms with van der Waals surface area (Å²) in [6, 6.07) is 15.0. The van der Waals surface area contributed by atoms with Crippen molar-refractivity contribution in [1.82, 2.24) is 4.31 Å². The van der Waals surface area contributed by atoms with Crippen LogP contribution in [0.25, 0.3) is 0 Å². The van der Waals surface area contributed by atoms with Gasteiger partial charge in [-0.15, -0.1) is 11.3 Å². The number of nitrogens with zero attached hydrogens (tertiary/aromatic N) is 2. The van der Waals surface area contributed by atoms with Crippen LogP contribution in [0, 0.1) is 0 Å². The normalized spacial score (nSPS) is 13.3. The number of sulfonamides is 1. The molecule has 0 fully saturated rings. The Balaban J connectivity index is 1.52. The van der Waals surface area contributed by atoms with Gasteiger partial charge in [0.05, 0.1) is 9.77 Å². The largest absolute Gasteiger partial charge is 0.322 e. The van der Waals surface area contributed by atoms with Crippen molar-refractivity contribution in [1.29, 1.82) is 0 Å².